The van der Waals surface area contributed by atoms with Crippen LogP contribution in [0.15, 0.2) is 29.3 Å². The molecule has 2 aromatic rings. The number of pyridine rings is 1. The second-order valence-electron chi connectivity index (χ2n) is 7.33. The second-order valence-corrected chi connectivity index (χ2v) is 7.33. The summed E-state index contributed by atoms with van der Waals surface area (Å²) in [4.78, 5) is 39.0. The number of carbonyl (C=O) groups is 2. The first kappa shape index (κ1) is 19.9. The molecule has 1 aliphatic rings. The van der Waals surface area contributed by atoms with Crippen LogP contribution in [0.25, 0.3) is 0 Å². The van der Waals surface area contributed by atoms with E-state index in [0.29, 0.717) is 5.56 Å². The van der Waals surface area contributed by atoms with Crippen molar-refractivity contribution in [3.8, 4) is 0 Å². The Hall–Kier alpha value is -2.90. The van der Waals surface area contributed by atoms with Crippen molar-refractivity contribution in [1.29, 1.82) is 0 Å². The molecule has 3 heterocycles. The van der Waals surface area contributed by atoms with Gasteiger partial charge in [-0.25, -0.2) is 0 Å². The minimum atomic E-state index is -0.296. The van der Waals surface area contributed by atoms with Crippen LogP contribution >= 0.6 is 0 Å². The van der Waals surface area contributed by atoms with Gasteiger partial charge in [0.2, 0.25) is 5.91 Å². The fourth-order valence-electron chi connectivity index (χ4n) is 3.48. The topological polar surface area (TPSA) is 89.2 Å². The molecule has 28 heavy (non-hydrogen) atoms. The van der Waals surface area contributed by atoms with Gasteiger partial charge in [-0.15, -0.1) is 0 Å². The van der Waals surface area contributed by atoms with E-state index < -0.39 is 0 Å². The zero-order valence-corrected chi connectivity index (χ0v) is 16.6. The second kappa shape index (κ2) is 8.41. The Morgan fingerprint density at radius 2 is 1.93 bits per heavy atom. The number of rotatable bonds is 5. The van der Waals surface area contributed by atoms with Crippen LogP contribution in [0.1, 0.15) is 53.8 Å². The Balaban J connectivity index is 1.71. The van der Waals surface area contributed by atoms with E-state index in [4.69, 9.17) is 0 Å². The van der Waals surface area contributed by atoms with Gasteiger partial charge in [-0.2, -0.15) is 5.10 Å². The van der Waals surface area contributed by atoms with Crippen molar-refractivity contribution in [2.45, 2.75) is 45.7 Å². The van der Waals surface area contributed by atoms with E-state index in [1.165, 1.54) is 22.9 Å². The lowest BCUT2D eigenvalue weighted by atomic mass is 10.1. The Morgan fingerprint density at radius 3 is 2.57 bits per heavy atom. The van der Waals surface area contributed by atoms with E-state index in [1.807, 2.05) is 20.9 Å². The number of likely N-dealkylation sites (tertiary alicyclic amines) is 1. The molecule has 0 aliphatic carbocycles. The maximum atomic E-state index is 12.6. The number of hydrogen-bond donors (Lipinski definition) is 1. The molecule has 0 radical (unpaired) electrons. The van der Waals surface area contributed by atoms with Crippen molar-refractivity contribution in [2.75, 3.05) is 13.1 Å². The van der Waals surface area contributed by atoms with Gasteiger partial charge in [0, 0.05) is 43.7 Å². The van der Waals surface area contributed by atoms with E-state index in [9.17, 15) is 14.4 Å². The lowest BCUT2D eigenvalue weighted by Crippen LogP contribution is -2.39. The average molecular weight is 385 g/mol. The van der Waals surface area contributed by atoms with Gasteiger partial charge in [-0.3, -0.25) is 19.1 Å². The summed E-state index contributed by atoms with van der Waals surface area (Å²) in [6, 6.07) is 2.59. The molecule has 3 rings (SSSR count). The molecular formula is C20H27N5O3. The van der Waals surface area contributed by atoms with Gasteiger partial charge in [-0.05, 0) is 39.2 Å². The van der Waals surface area contributed by atoms with Crippen molar-refractivity contribution in [2.24, 2.45) is 7.05 Å². The molecular weight excluding hydrogens is 358 g/mol. The van der Waals surface area contributed by atoms with Gasteiger partial charge < -0.3 is 14.8 Å². The third-order valence-corrected chi connectivity index (χ3v) is 5.35. The maximum Gasteiger partial charge on any atom is 0.253 e. The number of carbonyl (C=O) groups excluding carboxylic acids is 2. The minimum absolute atomic E-state index is 0.0444. The normalized spacial score (nSPS) is 15.3. The highest BCUT2D eigenvalue weighted by molar-refractivity contribution is 5.94. The van der Waals surface area contributed by atoms with Crippen LogP contribution in [0, 0.1) is 6.92 Å². The summed E-state index contributed by atoms with van der Waals surface area (Å²) in [7, 11) is 1.85. The van der Waals surface area contributed by atoms with Gasteiger partial charge in [-0.1, -0.05) is 0 Å². The molecule has 1 atom stereocenters. The first-order valence-corrected chi connectivity index (χ1v) is 9.64. The average Bonchev–Trinajstić information content (AvgIpc) is 3.03. The molecule has 1 unspecified atom stereocenters. The van der Waals surface area contributed by atoms with Gasteiger partial charge in [0.1, 0.15) is 6.54 Å². The van der Waals surface area contributed by atoms with E-state index in [-0.39, 0.29) is 30.0 Å². The summed E-state index contributed by atoms with van der Waals surface area (Å²) >= 11 is 0. The zero-order chi connectivity index (χ0) is 20.3. The summed E-state index contributed by atoms with van der Waals surface area (Å²) in [5.41, 5.74) is 1.96. The van der Waals surface area contributed by atoms with Crippen molar-refractivity contribution in [3.63, 3.8) is 0 Å². The van der Waals surface area contributed by atoms with Crippen LogP contribution in [0.5, 0.6) is 0 Å². The Bertz CT molecular complexity index is 924. The van der Waals surface area contributed by atoms with E-state index in [0.717, 1.165) is 43.6 Å². The minimum Gasteiger partial charge on any atom is -0.345 e. The summed E-state index contributed by atoms with van der Waals surface area (Å²) in [6.45, 7) is 5.25. The molecule has 8 heteroatoms. The highest BCUT2D eigenvalue weighted by Gasteiger charge is 2.19. The van der Waals surface area contributed by atoms with E-state index in [1.54, 1.807) is 15.8 Å². The third kappa shape index (κ3) is 4.32. The zero-order valence-electron chi connectivity index (χ0n) is 16.6. The third-order valence-electron chi connectivity index (χ3n) is 5.35. The quantitative estimate of drug-likeness (QED) is 0.842. The smallest absolute Gasteiger partial charge is 0.253 e. The fourth-order valence-corrected chi connectivity index (χ4v) is 3.48. The summed E-state index contributed by atoms with van der Waals surface area (Å²) in [5.74, 6) is -0.381. The highest BCUT2D eigenvalue weighted by Crippen LogP contribution is 2.16. The number of aryl methyl sites for hydroxylation is 1. The number of aromatic nitrogens is 3. The largest absolute Gasteiger partial charge is 0.345 e. The first-order chi connectivity index (χ1) is 13.4. The van der Waals surface area contributed by atoms with Gasteiger partial charge in [0.15, 0.2) is 0 Å². The van der Waals surface area contributed by atoms with E-state index >= 15 is 0 Å². The Morgan fingerprint density at radius 1 is 1.21 bits per heavy atom. The van der Waals surface area contributed by atoms with Crippen molar-refractivity contribution >= 4 is 11.8 Å². The summed E-state index contributed by atoms with van der Waals surface area (Å²) in [6.07, 6.45) is 6.32. The molecule has 1 aliphatic heterocycles. The Labute approximate surface area is 164 Å². The highest BCUT2D eigenvalue weighted by atomic mass is 16.2. The fraction of sp³-hybridized carbons (Fsp3) is 0.500. The molecule has 2 aromatic heterocycles. The number of hydrogen-bond acceptors (Lipinski definition) is 4. The first-order valence-electron chi connectivity index (χ1n) is 9.64. The maximum absolute atomic E-state index is 12.6. The van der Waals surface area contributed by atoms with Crippen LogP contribution in [0.2, 0.25) is 0 Å². The van der Waals surface area contributed by atoms with Crippen molar-refractivity contribution in [3.05, 3.63) is 51.7 Å². The van der Waals surface area contributed by atoms with Gasteiger partial charge in [0.25, 0.3) is 11.5 Å². The number of piperidine rings is 1. The molecule has 8 nitrogen and oxygen atoms in total. The van der Waals surface area contributed by atoms with Gasteiger partial charge in [0.05, 0.1) is 17.8 Å². The molecule has 2 amide bonds. The number of nitrogens with zero attached hydrogens (tertiary/aromatic N) is 4. The standard InChI is InChI=1S/C20H27N5O3/c1-14(17-11-21-23(3)15(17)2)22-20(28)16-7-8-18(26)25(12-16)13-19(27)24-9-5-4-6-10-24/h7-8,11-12,14H,4-6,9-10,13H2,1-3H3,(H,22,28). The predicted octanol–water partition coefficient (Wildman–Crippen LogP) is 1.39. The van der Waals surface area contributed by atoms with Crippen LogP contribution in [-0.4, -0.2) is 44.2 Å². The molecule has 0 bridgehead atoms. The van der Waals surface area contributed by atoms with Crippen LogP contribution in [-0.2, 0) is 18.4 Å². The summed E-state index contributed by atoms with van der Waals surface area (Å²) in [5, 5.41) is 7.12. The molecule has 0 spiro atoms. The molecule has 150 valence electrons. The lowest BCUT2D eigenvalue weighted by molar-refractivity contribution is -0.132. The van der Waals surface area contributed by atoms with Crippen LogP contribution < -0.4 is 10.9 Å². The molecule has 0 saturated carbocycles. The summed E-state index contributed by atoms with van der Waals surface area (Å²) < 4.78 is 3.07. The molecule has 1 saturated heterocycles. The predicted molar refractivity (Wildman–Crippen MR) is 105 cm³/mol. The molecule has 0 aromatic carbocycles. The van der Waals surface area contributed by atoms with E-state index in [2.05, 4.69) is 10.4 Å². The molecule has 1 N–H and O–H groups in total. The number of nitrogens with one attached hydrogen (secondary N) is 1. The van der Waals surface area contributed by atoms with Crippen LogP contribution in [0.3, 0.4) is 0 Å². The van der Waals surface area contributed by atoms with Crippen molar-refractivity contribution < 1.29 is 9.59 Å². The lowest BCUT2D eigenvalue weighted by Gasteiger charge is -2.27. The van der Waals surface area contributed by atoms with Crippen molar-refractivity contribution in [1.82, 2.24) is 24.6 Å². The van der Waals surface area contributed by atoms with Crippen LogP contribution in [0.4, 0.5) is 0 Å². The SMILES string of the molecule is Cc1c(C(C)NC(=O)c2ccc(=O)n(CC(=O)N3CCCCC3)c2)cnn1C. The monoisotopic (exact) mass is 385 g/mol. The van der Waals surface area contributed by atoms with Gasteiger partial charge >= 0.3 is 0 Å². The Kier molecular flexibility index (Phi) is 5.96. The number of amides is 2. The molecule has 1 fully saturated rings.